The molecule has 0 bridgehead atoms. The number of aliphatic hydroxyl groups excluding tert-OH is 1. The topological polar surface area (TPSA) is 37.3 Å². The van der Waals surface area contributed by atoms with Crippen molar-refractivity contribution in [2.24, 2.45) is 0 Å². The van der Waals surface area contributed by atoms with Crippen LogP contribution in [0.2, 0.25) is 10.0 Å². The minimum Gasteiger partial charge on any atom is -0.392 e. The molecule has 0 aliphatic rings. The van der Waals surface area contributed by atoms with E-state index in [0.717, 1.165) is 0 Å². The van der Waals surface area contributed by atoms with Crippen LogP contribution >= 0.6 is 39.1 Å². The van der Waals surface area contributed by atoms with Gasteiger partial charge in [-0.3, -0.25) is 4.79 Å². The van der Waals surface area contributed by atoms with Gasteiger partial charge in [0.05, 0.1) is 22.0 Å². The molecule has 1 aromatic rings. The monoisotopic (exact) mass is 296 g/mol. The third-order valence-electron chi connectivity index (χ3n) is 1.74. The summed E-state index contributed by atoms with van der Waals surface area (Å²) in [6.07, 6.45) is 0. The van der Waals surface area contributed by atoms with Crippen LogP contribution in [0.4, 0.5) is 0 Å². The van der Waals surface area contributed by atoms with Crippen LogP contribution in [0.1, 0.15) is 15.9 Å². The van der Waals surface area contributed by atoms with Crippen molar-refractivity contribution < 1.29 is 9.90 Å². The van der Waals surface area contributed by atoms with Gasteiger partial charge in [-0.05, 0) is 17.7 Å². The second-order valence-electron chi connectivity index (χ2n) is 2.64. The van der Waals surface area contributed by atoms with Crippen molar-refractivity contribution in [3.05, 3.63) is 33.3 Å². The van der Waals surface area contributed by atoms with Crippen LogP contribution in [0.25, 0.3) is 0 Å². The van der Waals surface area contributed by atoms with Crippen molar-refractivity contribution in [2.45, 2.75) is 6.61 Å². The molecular formula is C9H7BrCl2O2. The number of ketones is 1. The van der Waals surface area contributed by atoms with Crippen LogP contribution in [-0.2, 0) is 6.61 Å². The molecule has 14 heavy (non-hydrogen) atoms. The molecule has 0 amide bonds. The number of halogens is 3. The van der Waals surface area contributed by atoms with E-state index in [2.05, 4.69) is 15.9 Å². The van der Waals surface area contributed by atoms with E-state index >= 15 is 0 Å². The lowest BCUT2D eigenvalue weighted by Crippen LogP contribution is -2.05. The van der Waals surface area contributed by atoms with E-state index in [1.165, 1.54) is 12.1 Å². The summed E-state index contributed by atoms with van der Waals surface area (Å²) < 4.78 is 0. The molecule has 0 unspecified atom stereocenters. The van der Waals surface area contributed by atoms with Crippen LogP contribution in [0.15, 0.2) is 12.1 Å². The number of carbonyl (C=O) groups is 1. The van der Waals surface area contributed by atoms with Gasteiger partial charge in [0.25, 0.3) is 0 Å². The van der Waals surface area contributed by atoms with Gasteiger partial charge in [-0.1, -0.05) is 39.1 Å². The first-order valence-corrected chi connectivity index (χ1v) is 5.65. The van der Waals surface area contributed by atoms with Crippen molar-refractivity contribution in [3.8, 4) is 0 Å². The lowest BCUT2D eigenvalue weighted by atomic mass is 10.1. The molecule has 76 valence electrons. The maximum atomic E-state index is 11.4. The molecule has 1 aromatic carbocycles. The van der Waals surface area contributed by atoms with Crippen LogP contribution in [0, 0.1) is 0 Å². The molecule has 0 heterocycles. The largest absolute Gasteiger partial charge is 0.392 e. The Hall–Kier alpha value is -0.0900. The van der Waals surface area contributed by atoms with Crippen molar-refractivity contribution in [1.29, 1.82) is 0 Å². The van der Waals surface area contributed by atoms with Gasteiger partial charge in [0.2, 0.25) is 0 Å². The molecule has 1 N–H and O–H groups in total. The Kier molecular flexibility index (Phi) is 4.38. The summed E-state index contributed by atoms with van der Waals surface area (Å²) in [5.74, 6) is -0.132. The fraction of sp³-hybridized carbons (Fsp3) is 0.222. The van der Waals surface area contributed by atoms with Crippen LogP contribution in [0.5, 0.6) is 0 Å². The summed E-state index contributed by atoms with van der Waals surface area (Å²) in [7, 11) is 0. The number of carbonyl (C=O) groups excluding carboxylic acids is 1. The van der Waals surface area contributed by atoms with E-state index < -0.39 is 0 Å². The first-order valence-electron chi connectivity index (χ1n) is 3.78. The van der Waals surface area contributed by atoms with E-state index in [0.29, 0.717) is 21.2 Å². The molecule has 0 aliphatic heterocycles. The van der Waals surface area contributed by atoms with Gasteiger partial charge in [0, 0.05) is 5.56 Å². The second-order valence-corrected chi connectivity index (χ2v) is 4.01. The molecule has 0 fully saturated rings. The zero-order chi connectivity index (χ0) is 10.7. The minimum absolute atomic E-state index is 0.132. The number of rotatable bonds is 3. The summed E-state index contributed by atoms with van der Waals surface area (Å²) in [6.45, 7) is -0.231. The average molecular weight is 298 g/mol. The van der Waals surface area contributed by atoms with Gasteiger partial charge >= 0.3 is 0 Å². The van der Waals surface area contributed by atoms with Crippen molar-refractivity contribution in [3.63, 3.8) is 0 Å². The highest BCUT2D eigenvalue weighted by Crippen LogP contribution is 2.26. The third kappa shape index (κ3) is 2.48. The Bertz CT molecular complexity index is 366. The van der Waals surface area contributed by atoms with Crippen LogP contribution in [-0.4, -0.2) is 16.2 Å². The Labute approximate surface area is 100.0 Å². The number of hydrogen-bond donors (Lipinski definition) is 1. The highest BCUT2D eigenvalue weighted by atomic mass is 79.9. The maximum absolute atomic E-state index is 11.4. The molecule has 0 atom stereocenters. The second kappa shape index (κ2) is 5.12. The summed E-state index contributed by atoms with van der Waals surface area (Å²) >= 11 is 14.6. The Morgan fingerprint density at radius 3 is 2.43 bits per heavy atom. The number of benzene rings is 1. The van der Waals surface area contributed by atoms with Crippen LogP contribution < -0.4 is 0 Å². The Morgan fingerprint density at radius 2 is 1.93 bits per heavy atom. The number of Topliss-reactive ketones (excluding diaryl/α,β-unsaturated/α-hetero) is 1. The molecule has 0 spiro atoms. The zero-order valence-electron chi connectivity index (χ0n) is 7.06. The molecule has 0 aromatic heterocycles. The predicted octanol–water partition coefficient (Wildman–Crippen LogP) is 3.06. The molecule has 0 aliphatic carbocycles. The smallest absolute Gasteiger partial charge is 0.173 e. The quantitative estimate of drug-likeness (QED) is 0.688. The van der Waals surface area contributed by atoms with Crippen molar-refractivity contribution >= 4 is 44.9 Å². The molecule has 0 saturated carbocycles. The van der Waals surface area contributed by atoms with Gasteiger partial charge < -0.3 is 5.11 Å². The van der Waals surface area contributed by atoms with E-state index in [1.807, 2.05) is 0 Å². The minimum atomic E-state index is -0.231. The Morgan fingerprint density at radius 1 is 1.36 bits per heavy atom. The number of alkyl halides is 1. The fourth-order valence-corrected chi connectivity index (χ4v) is 1.70. The molecule has 0 radical (unpaired) electrons. The average Bonchev–Trinajstić information content (AvgIpc) is 2.20. The van der Waals surface area contributed by atoms with Crippen LogP contribution in [0.3, 0.4) is 0 Å². The molecular weight excluding hydrogens is 291 g/mol. The van der Waals surface area contributed by atoms with E-state index in [1.54, 1.807) is 0 Å². The SMILES string of the molecule is O=C(CBr)c1cc(Cl)c(Cl)cc1CO. The van der Waals surface area contributed by atoms with E-state index in [4.69, 9.17) is 28.3 Å². The Balaban J connectivity index is 3.27. The predicted molar refractivity (Wildman–Crippen MR) is 60.5 cm³/mol. The summed E-state index contributed by atoms with van der Waals surface area (Å²) in [4.78, 5) is 11.4. The summed E-state index contributed by atoms with van der Waals surface area (Å²) in [6, 6.07) is 2.97. The third-order valence-corrected chi connectivity index (χ3v) is 2.97. The molecule has 5 heteroatoms. The number of hydrogen-bond acceptors (Lipinski definition) is 2. The van der Waals surface area contributed by atoms with Gasteiger partial charge in [-0.2, -0.15) is 0 Å². The van der Waals surface area contributed by atoms with Crippen molar-refractivity contribution in [2.75, 3.05) is 5.33 Å². The van der Waals surface area contributed by atoms with Gasteiger partial charge in [0.1, 0.15) is 0 Å². The summed E-state index contributed by atoms with van der Waals surface area (Å²) in [5, 5.41) is 9.85. The maximum Gasteiger partial charge on any atom is 0.173 e. The normalized spacial score (nSPS) is 10.3. The lowest BCUT2D eigenvalue weighted by molar-refractivity contribution is 0.102. The highest BCUT2D eigenvalue weighted by Gasteiger charge is 2.12. The van der Waals surface area contributed by atoms with Gasteiger partial charge in [0.15, 0.2) is 5.78 Å². The molecule has 0 saturated heterocycles. The van der Waals surface area contributed by atoms with E-state index in [9.17, 15) is 4.79 Å². The first-order chi connectivity index (χ1) is 6.60. The van der Waals surface area contributed by atoms with Gasteiger partial charge in [-0.25, -0.2) is 0 Å². The zero-order valence-corrected chi connectivity index (χ0v) is 10.2. The molecule has 1 rings (SSSR count). The fourth-order valence-electron chi connectivity index (χ4n) is 1.05. The standard InChI is InChI=1S/C9H7BrCl2O2/c10-3-9(14)6-2-8(12)7(11)1-5(6)4-13/h1-2,13H,3-4H2. The highest BCUT2D eigenvalue weighted by molar-refractivity contribution is 9.09. The van der Waals surface area contributed by atoms with E-state index in [-0.39, 0.29) is 17.7 Å². The molecule has 2 nitrogen and oxygen atoms in total. The summed E-state index contributed by atoms with van der Waals surface area (Å²) in [5.41, 5.74) is 0.891. The number of aliphatic hydroxyl groups is 1. The van der Waals surface area contributed by atoms with Gasteiger partial charge in [-0.15, -0.1) is 0 Å². The first kappa shape index (κ1) is 12.0. The lowest BCUT2D eigenvalue weighted by Gasteiger charge is -2.06. The van der Waals surface area contributed by atoms with Crippen molar-refractivity contribution in [1.82, 2.24) is 0 Å².